The molecule has 0 aliphatic heterocycles. The molecule has 0 aliphatic rings. The molecule has 0 radical (unpaired) electrons. The molecule has 0 heterocycles. The van der Waals surface area contributed by atoms with Gasteiger partial charge in [0.15, 0.2) is 0 Å². The SMILES string of the molecule is C=CCOC(=O)CC(=O)CCCCCCCCC. The molecule has 0 fully saturated rings. The van der Waals surface area contributed by atoms with Gasteiger partial charge in [-0.3, -0.25) is 9.59 Å². The summed E-state index contributed by atoms with van der Waals surface area (Å²) in [7, 11) is 0. The van der Waals surface area contributed by atoms with Crippen molar-refractivity contribution in [3.8, 4) is 0 Å². The predicted octanol–water partition coefficient (Wildman–Crippen LogP) is 3.82. The van der Waals surface area contributed by atoms with E-state index in [2.05, 4.69) is 13.5 Å². The van der Waals surface area contributed by atoms with E-state index in [-0.39, 0.29) is 18.8 Å². The number of ether oxygens (including phenoxy) is 1. The Morgan fingerprint density at radius 2 is 1.67 bits per heavy atom. The number of carbonyl (C=O) groups is 2. The second-order valence-corrected chi connectivity index (χ2v) is 4.56. The Kier molecular flexibility index (Phi) is 11.6. The van der Waals surface area contributed by atoms with E-state index in [0.717, 1.165) is 12.8 Å². The normalized spacial score (nSPS) is 10.1. The summed E-state index contributed by atoms with van der Waals surface area (Å²) in [6.45, 7) is 5.82. The van der Waals surface area contributed by atoms with E-state index in [1.165, 1.54) is 38.2 Å². The van der Waals surface area contributed by atoms with Crippen LogP contribution in [0.1, 0.15) is 64.7 Å². The Morgan fingerprint density at radius 1 is 1.06 bits per heavy atom. The van der Waals surface area contributed by atoms with Crippen LogP contribution >= 0.6 is 0 Å². The standard InChI is InChI=1S/C15H26O3/c1-3-5-6-7-8-9-10-11-14(16)13-15(17)18-12-4-2/h4H,2-3,5-13H2,1H3. The summed E-state index contributed by atoms with van der Waals surface area (Å²) in [5, 5.41) is 0. The van der Waals surface area contributed by atoms with Crippen molar-refractivity contribution in [2.45, 2.75) is 64.7 Å². The van der Waals surface area contributed by atoms with Crippen molar-refractivity contribution in [2.75, 3.05) is 6.61 Å². The average molecular weight is 254 g/mol. The zero-order chi connectivity index (χ0) is 13.6. The molecule has 0 amide bonds. The second kappa shape index (κ2) is 12.3. The summed E-state index contributed by atoms with van der Waals surface area (Å²) in [5.74, 6) is -0.458. The molecule has 0 aromatic heterocycles. The van der Waals surface area contributed by atoms with Crippen LogP contribution < -0.4 is 0 Å². The average Bonchev–Trinajstić information content (AvgIpc) is 2.35. The van der Waals surface area contributed by atoms with E-state index in [0.29, 0.717) is 6.42 Å². The fourth-order valence-corrected chi connectivity index (χ4v) is 1.73. The van der Waals surface area contributed by atoms with Crippen molar-refractivity contribution in [3.63, 3.8) is 0 Å². The highest BCUT2D eigenvalue weighted by Crippen LogP contribution is 2.09. The van der Waals surface area contributed by atoms with Crippen LogP contribution in [0.3, 0.4) is 0 Å². The van der Waals surface area contributed by atoms with Gasteiger partial charge in [-0.1, -0.05) is 58.1 Å². The van der Waals surface area contributed by atoms with Crippen molar-refractivity contribution < 1.29 is 14.3 Å². The predicted molar refractivity (Wildman–Crippen MR) is 73.4 cm³/mol. The maximum atomic E-state index is 11.4. The molecular weight excluding hydrogens is 228 g/mol. The highest BCUT2D eigenvalue weighted by atomic mass is 16.5. The molecule has 0 bridgehead atoms. The number of Topliss-reactive ketones (excluding diaryl/α,β-unsaturated/α-hetero) is 1. The molecule has 0 aromatic carbocycles. The third-order valence-electron chi connectivity index (χ3n) is 2.76. The molecule has 0 atom stereocenters. The molecule has 0 aliphatic carbocycles. The molecule has 3 nitrogen and oxygen atoms in total. The lowest BCUT2D eigenvalue weighted by Crippen LogP contribution is -2.11. The molecule has 0 aromatic rings. The minimum absolute atomic E-state index is 0.0161. The van der Waals surface area contributed by atoms with Gasteiger partial charge in [0.2, 0.25) is 0 Å². The van der Waals surface area contributed by atoms with Gasteiger partial charge in [-0.25, -0.2) is 0 Å². The minimum atomic E-state index is -0.442. The summed E-state index contributed by atoms with van der Waals surface area (Å²) in [5.41, 5.74) is 0. The number of hydrogen-bond donors (Lipinski definition) is 0. The molecule has 0 N–H and O–H groups in total. The van der Waals surface area contributed by atoms with Gasteiger partial charge in [0.25, 0.3) is 0 Å². The van der Waals surface area contributed by atoms with Gasteiger partial charge < -0.3 is 4.74 Å². The first-order valence-corrected chi connectivity index (χ1v) is 6.99. The first-order valence-electron chi connectivity index (χ1n) is 6.99. The number of carbonyl (C=O) groups excluding carboxylic acids is 2. The first-order chi connectivity index (χ1) is 8.70. The minimum Gasteiger partial charge on any atom is -0.461 e. The molecule has 0 spiro atoms. The summed E-state index contributed by atoms with van der Waals surface area (Å²) < 4.78 is 4.76. The molecule has 18 heavy (non-hydrogen) atoms. The third kappa shape index (κ3) is 11.4. The van der Waals surface area contributed by atoms with Crippen LogP contribution in [-0.4, -0.2) is 18.4 Å². The monoisotopic (exact) mass is 254 g/mol. The van der Waals surface area contributed by atoms with E-state index in [1.54, 1.807) is 0 Å². The molecule has 0 unspecified atom stereocenters. The quantitative estimate of drug-likeness (QED) is 0.230. The summed E-state index contributed by atoms with van der Waals surface area (Å²) >= 11 is 0. The molecule has 0 rings (SSSR count). The Hall–Kier alpha value is -1.12. The van der Waals surface area contributed by atoms with Crippen LogP contribution in [-0.2, 0) is 14.3 Å². The number of ketones is 1. The fraction of sp³-hybridized carbons (Fsp3) is 0.733. The van der Waals surface area contributed by atoms with Crippen molar-refractivity contribution in [1.29, 1.82) is 0 Å². The lowest BCUT2D eigenvalue weighted by atomic mass is 10.1. The molecule has 0 saturated carbocycles. The molecule has 3 heteroatoms. The summed E-state index contributed by atoms with van der Waals surface area (Å²) in [6, 6.07) is 0. The Balaban J connectivity index is 3.36. The highest BCUT2D eigenvalue weighted by Gasteiger charge is 2.09. The third-order valence-corrected chi connectivity index (χ3v) is 2.76. The van der Waals surface area contributed by atoms with Gasteiger partial charge in [-0.05, 0) is 6.42 Å². The summed E-state index contributed by atoms with van der Waals surface area (Å²) in [6.07, 6.45) is 10.2. The smallest absolute Gasteiger partial charge is 0.313 e. The molecular formula is C15H26O3. The van der Waals surface area contributed by atoms with E-state index >= 15 is 0 Å². The van der Waals surface area contributed by atoms with Gasteiger partial charge in [-0.2, -0.15) is 0 Å². The fourth-order valence-electron chi connectivity index (χ4n) is 1.73. The van der Waals surface area contributed by atoms with E-state index < -0.39 is 5.97 Å². The zero-order valence-corrected chi connectivity index (χ0v) is 11.6. The lowest BCUT2D eigenvalue weighted by molar-refractivity contribution is -0.144. The van der Waals surface area contributed by atoms with Crippen molar-refractivity contribution in [1.82, 2.24) is 0 Å². The van der Waals surface area contributed by atoms with Gasteiger partial charge in [0.1, 0.15) is 18.8 Å². The van der Waals surface area contributed by atoms with Crippen LogP contribution in [0.15, 0.2) is 12.7 Å². The van der Waals surface area contributed by atoms with Gasteiger partial charge >= 0.3 is 5.97 Å². The maximum absolute atomic E-state index is 11.4. The maximum Gasteiger partial charge on any atom is 0.313 e. The van der Waals surface area contributed by atoms with Crippen LogP contribution in [0.2, 0.25) is 0 Å². The lowest BCUT2D eigenvalue weighted by Gasteiger charge is -2.02. The van der Waals surface area contributed by atoms with Crippen molar-refractivity contribution in [2.24, 2.45) is 0 Å². The Morgan fingerprint density at radius 3 is 2.28 bits per heavy atom. The van der Waals surface area contributed by atoms with Crippen LogP contribution in [0, 0.1) is 0 Å². The van der Waals surface area contributed by atoms with Crippen LogP contribution in [0.25, 0.3) is 0 Å². The topological polar surface area (TPSA) is 43.4 Å². The van der Waals surface area contributed by atoms with E-state index in [4.69, 9.17) is 4.74 Å². The highest BCUT2D eigenvalue weighted by molar-refractivity contribution is 5.95. The Labute approximate surface area is 111 Å². The summed E-state index contributed by atoms with van der Waals surface area (Å²) in [4.78, 5) is 22.6. The molecule has 104 valence electrons. The van der Waals surface area contributed by atoms with E-state index in [9.17, 15) is 9.59 Å². The largest absolute Gasteiger partial charge is 0.461 e. The second-order valence-electron chi connectivity index (χ2n) is 4.56. The van der Waals surface area contributed by atoms with Gasteiger partial charge in [-0.15, -0.1) is 0 Å². The molecule has 0 saturated heterocycles. The number of unbranched alkanes of at least 4 members (excludes halogenated alkanes) is 6. The number of esters is 1. The van der Waals surface area contributed by atoms with Crippen LogP contribution in [0.4, 0.5) is 0 Å². The van der Waals surface area contributed by atoms with Gasteiger partial charge in [0.05, 0.1) is 0 Å². The van der Waals surface area contributed by atoms with Crippen LogP contribution in [0.5, 0.6) is 0 Å². The Bertz CT molecular complexity index is 246. The number of hydrogen-bond acceptors (Lipinski definition) is 3. The zero-order valence-electron chi connectivity index (χ0n) is 11.6. The number of rotatable bonds is 12. The van der Waals surface area contributed by atoms with Gasteiger partial charge in [0, 0.05) is 6.42 Å². The van der Waals surface area contributed by atoms with Crippen molar-refractivity contribution >= 4 is 11.8 Å². The van der Waals surface area contributed by atoms with E-state index in [1.807, 2.05) is 0 Å². The first kappa shape index (κ1) is 16.9. The van der Waals surface area contributed by atoms with Crippen molar-refractivity contribution in [3.05, 3.63) is 12.7 Å².